The van der Waals surface area contributed by atoms with Crippen LogP contribution < -0.4 is 14.8 Å². The van der Waals surface area contributed by atoms with Gasteiger partial charge in [0.05, 0.1) is 6.04 Å². The van der Waals surface area contributed by atoms with Crippen LogP contribution in [0, 0.1) is 0 Å². The average Bonchev–Trinajstić information content (AvgIpc) is 3.33. The Kier molecular flexibility index (Phi) is 4.59. The number of amides is 1. The Morgan fingerprint density at radius 1 is 1.18 bits per heavy atom. The molecule has 9 nitrogen and oxygen atoms in total. The first-order valence-corrected chi connectivity index (χ1v) is 9.90. The predicted molar refractivity (Wildman–Crippen MR) is 97.9 cm³/mol. The van der Waals surface area contributed by atoms with E-state index in [0.29, 0.717) is 29.9 Å². The van der Waals surface area contributed by atoms with Gasteiger partial charge in [-0.3, -0.25) is 20.0 Å². The van der Waals surface area contributed by atoms with Gasteiger partial charge in [-0.25, -0.2) is 0 Å². The molecule has 1 atom stereocenters. The second kappa shape index (κ2) is 7.38. The maximum absolute atomic E-state index is 13.0. The molecule has 4 heterocycles. The monoisotopic (exact) mass is 385 g/mol. The Labute approximate surface area is 162 Å². The van der Waals surface area contributed by atoms with Gasteiger partial charge in [-0.1, -0.05) is 17.9 Å². The van der Waals surface area contributed by atoms with Crippen LogP contribution >= 0.6 is 0 Å². The molecule has 0 spiro atoms. The van der Waals surface area contributed by atoms with Crippen molar-refractivity contribution in [2.45, 2.75) is 57.0 Å². The third-order valence-corrected chi connectivity index (χ3v) is 5.48. The zero-order chi connectivity index (χ0) is 18.9. The molecule has 1 saturated carbocycles. The van der Waals surface area contributed by atoms with Crippen LogP contribution in [-0.4, -0.2) is 45.4 Å². The van der Waals surface area contributed by atoms with E-state index >= 15 is 0 Å². The van der Waals surface area contributed by atoms with Gasteiger partial charge in [0.1, 0.15) is 5.69 Å². The molecule has 2 aliphatic heterocycles. The standard InChI is InChI=1S/C19H23N5O4/c25-17(21-19-23-22-18(28-19)12-5-6-12)14-4-2-1-3-9-24(14)10-13-16-15(7-8-20-13)26-11-27-16/h7-8,12,14H,1-6,9-11H2,(H,21,23,25)/t14-/m1/s1. The second-order valence-electron chi connectivity index (χ2n) is 7.54. The number of aromatic nitrogens is 3. The lowest BCUT2D eigenvalue weighted by Gasteiger charge is -2.28. The maximum atomic E-state index is 13.0. The highest BCUT2D eigenvalue weighted by Gasteiger charge is 2.32. The van der Waals surface area contributed by atoms with Crippen molar-refractivity contribution in [1.82, 2.24) is 20.1 Å². The van der Waals surface area contributed by atoms with Crippen molar-refractivity contribution in [1.29, 1.82) is 0 Å². The number of ether oxygens (including phenoxy) is 2. The number of rotatable bonds is 5. The van der Waals surface area contributed by atoms with Gasteiger partial charge in [0.25, 0.3) is 0 Å². The van der Waals surface area contributed by atoms with Gasteiger partial charge < -0.3 is 13.9 Å². The lowest BCUT2D eigenvalue weighted by molar-refractivity contribution is -0.121. The summed E-state index contributed by atoms with van der Waals surface area (Å²) in [4.78, 5) is 19.6. The van der Waals surface area contributed by atoms with Crippen molar-refractivity contribution in [3.05, 3.63) is 23.8 Å². The van der Waals surface area contributed by atoms with Crippen LogP contribution in [0.4, 0.5) is 6.01 Å². The summed E-state index contributed by atoms with van der Waals surface area (Å²) < 4.78 is 16.6. The molecular formula is C19H23N5O4. The van der Waals surface area contributed by atoms with E-state index in [2.05, 4.69) is 25.4 Å². The van der Waals surface area contributed by atoms with Crippen molar-refractivity contribution >= 4 is 11.9 Å². The summed E-state index contributed by atoms with van der Waals surface area (Å²) in [5, 5.41) is 10.8. The van der Waals surface area contributed by atoms with Crippen LogP contribution in [0.1, 0.15) is 56.0 Å². The van der Waals surface area contributed by atoms with Crippen LogP contribution in [0.25, 0.3) is 0 Å². The van der Waals surface area contributed by atoms with Gasteiger partial charge in [-0.05, 0) is 32.2 Å². The molecule has 1 amide bonds. The van der Waals surface area contributed by atoms with Gasteiger partial charge in [-0.2, -0.15) is 0 Å². The number of anilines is 1. The fourth-order valence-electron chi connectivity index (χ4n) is 3.82. The summed E-state index contributed by atoms with van der Waals surface area (Å²) in [6, 6.07) is 1.70. The number of hydrogen-bond acceptors (Lipinski definition) is 8. The summed E-state index contributed by atoms with van der Waals surface area (Å²) >= 11 is 0. The molecule has 28 heavy (non-hydrogen) atoms. The minimum atomic E-state index is -0.279. The average molecular weight is 385 g/mol. The van der Waals surface area contributed by atoms with Gasteiger partial charge in [0, 0.05) is 24.7 Å². The molecule has 0 radical (unpaired) electrons. The van der Waals surface area contributed by atoms with E-state index in [1.54, 1.807) is 12.3 Å². The second-order valence-corrected chi connectivity index (χ2v) is 7.54. The first kappa shape index (κ1) is 17.4. The molecule has 1 saturated heterocycles. The normalized spacial score (nSPS) is 22.1. The Bertz CT molecular complexity index is 866. The lowest BCUT2D eigenvalue weighted by Crippen LogP contribution is -2.43. The van der Waals surface area contributed by atoms with Crippen molar-refractivity contribution in [2.24, 2.45) is 0 Å². The summed E-state index contributed by atoms with van der Waals surface area (Å²) in [6.07, 6.45) is 7.80. The molecular weight excluding hydrogens is 362 g/mol. The van der Waals surface area contributed by atoms with E-state index in [0.717, 1.165) is 50.8 Å². The van der Waals surface area contributed by atoms with E-state index in [1.165, 1.54) is 0 Å². The number of nitrogens with zero attached hydrogens (tertiary/aromatic N) is 4. The lowest BCUT2D eigenvalue weighted by atomic mass is 10.1. The summed E-state index contributed by atoms with van der Waals surface area (Å²) in [6.45, 7) is 1.56. The molecule has 0 unspecified atom stereocenters. The number of carbonyl (C=O) groups excluding carboxylic acids is 1. The first-order chi connectivity index (χ1) is 13.8. The molecule has 148 valence electrons. The molecule has 0 bridgehead atoms. The van der Waals surface area contributed by atoms with Gasteiger partial charge >= 0.3 is 6.01 Å². The van der Waals surface area contributed by atoms with E-state index in [-0.39, 0.29) is 24.8 Å². The van der Waals surface area contributed by atoms with Gasteiger partial charge in [0.15, 0.2) is 11.5 Å². The Hall–Kier alpha value is -2.68. The minimum absolute atomic E-state index is 0.113. The Morgan fingerprint density at radius 2 is 2.11 bits per heavy atom. The minimum Gasteiger partial charge on any atom is -0.453 e. The number of hydrogen-bond donors (Lipinski definition) is 1. The molecule has 2 aromatic rings. The maximum Gasteiger partial charge on any atom is 0.322 e. The zero-order valence-electron chi connectivity index (χ0n) is 15.6. The van der Waals surface area contributed by atoms with E-state index in [1.807, 2.05) is 0 Å². The highest BCUT2D eigenvalue weighted by atomic mass is 16.7. The summed E-state index contributed by atoms with van der Waals surface area (Å²) in [5.41, 5.74) is 0.795. The smallest absolute Gasteiger partial charge is 0.322 e. The molecule has 5 rings (SSSR count). The molecule has 2 fully saturated rings. The number of nitrogens with one attached hydrogen (secondary N) is 1. The van der Waals surface area contributed by atoms with E-state index < -0.39 is 0 Å². The van der Waals surface area contributed by atoms with E-state index in [4.69, 9.17) is 13.9 Å². The van der Waals surface area contributed by atoms with Crippen LogP contribution in [0.15, 0.2) is 16.7 Å². The summed E-state index contributed by atoms with van der Waals surface area (Å²) in [7, 11) is 0. The van der Waals surface area contributed by atoms with E-state index in [9.17, 15) is 4.79 Å². The number of fused-ring (bicyclic) bond motifs is 1. The molecule has 1 aliphatic carbocycles. The van der Waals surface area contributed by atoms with Crippen LogP contribution in [0.3, 0.4) is 0 Å². The third kappa shape index (κ3) is 3.54. The number of pyridine rings is 1. The molecule has 1 N–H and O–H groups in total. The topological polar surface area (TPSA) is 103 Å². The van der Waals surface area contributed by atoms with Crippen LogP contribution in [-0.2, 0) is 11.3 Å². The zero-order valence-corrected chi connectivity index (χ0v) is 15.6. The fourth-order valence-corrected chi connectivity index (χ4v) is 3.82. The van der Waals surface area contributed by atoms with Gasteiger partial charge in [-0.15, -0.1) is 5.10 Å². The largest absolute Gasteiger partial charge is 0.453 e. The van der Waals surface area contributed by atoms with Crippen molar-refractivity contribution in [2.75, 3.05) is 18.7 Å². The molecule has 0 aromatic carbocycles. The quantitative estimate of drug-likeness (QED) is 0.837. The van der Waals surface area contributed by atoms with Crippen molar-refractivity contribution in [3.63, 3.8) is 0 Å². The number of carbonyl (C=O) groups is 1. The van der Waals surface area contributed by atoms with Crippen LogP contribution in [0.5, 0.6) is 11.5 Å². The Balaban J connectivity index is 1.32. The Morgan fingerprint density at radius 3 is 3.00 bits per heavy atom. The fraction of sp³-hybridized carbons (Fsp3) is 0.579. The molecule has 3 aliphatic rings. The third-order valence-electron chi connectivity index (χ3n) is 5.48. The predicted octanol–water partition coefficient (Wildman–Crippen LogP) is 2.45. The SMILES string of the molecule is O=C(Nc1nnc(C2CC2)o1)[C@H]1CCCCCN1Cc1nccc2c1OCO2. The summed E-state index contributed by atoms with van der Waals surface area (Å²) in [5.74, 6) is 2.25. The highest BCUT2D eigenvalue weighted by Crippen LogP contribution is 2.39. The van der Waals surface area contributed by atoms with Crippen LogP contribution in [0.2, 0.25) is 0 Å². The first-order valence-electron chi connectivity index (χ1n) is 9.90. The molecule has 2 aromatic heterocycles. The highest BCUT2D eigenvalue weighted by molar-refractivity contribution is 5.93. The van der Waals surface area contributed by atoms with Crippen molar-refractivity contribution in [3.8, 4) is 11.5 Å². The number of likely N-dealkylation sites (tertiary alicyclic amines) is 1. The van der Waals surface area contributed by atoms with Gasteiger partial charge in [0.2, 0.25) is 18.6 Å². The van der Waals surface area contributed by atoms with Crippen molar-refractivity contribution < 1.29 is 18.7 Å². The molecule has 9 heteroatoms.